The van der Waals surface area contributed by atoms with E-state index >= 15 is 0 Å². The Kier molecular flexibility index (Phi) is 14.4. The maximum Gasteiger partial charge on any atom is 0.255 e. The van der Waals surface area contributed by atoms with Gasteiger partial charge in [0.1, 0.15) is 5.75 Å². The molecule has 0 aliphatic rings. The second-order valence-corrected chi connectivity index (χ2v) is 10.3. The largest absolute Gasteiger partial charge is 0.494 e. The highest BCUT2D eigenvalue weighted by molar-refractivity contribution is 7.98. The summed E-state index contributed by atoms with van der Waals surface area (Å²) in [6, 6.07) is 12.6. The van der Waals surface area contributed by atoms with Crippen LogP contribution in [0, 0.1) is 0 Å². The van der Waals surface area contributed by atoms with Gasteiger partial charge in [-0.1, -0.05) is 51.9 Å². The van der Waals surface area contributed by atoms with Crippen LogP contribution in [-0.2, 0) is 0 Å². The van der Waals surface area contributed by atoms with Gasteiger partial charge in [-0.3, -0.25) is 9.59 Å². The fraction of sp³-hybridized carbons (Fsp3) is 0.500. The Hall–Kier alpha value is -2.12. The van der Waals surface area contributed by atoms with Gasteiger partial charge in [-0.05, 0) is 61.4 Å². The number of thioether (sulfide) groups is 2. The van der Waals surface area contributed by atoms with Gasteiger partial charge in [0.2, 0.25) is 0 Å². The van der Waals surface area contributed by atoms with E-state index in [0.29, 0.717) is 30.0 Å². The molecule has 2 aromatic carbocycles. The third kappa shape index (κ3) is 11.0. The lowest BCUT2D eigenvalue weighted by molar-refractivity contribution is 0.0954. The number of hydrogen-bond donors (Lipinski definition) is 2. The van der Waals surface area contributed by atoms with Crippen molar-refractivity contribution in [2.45, 2.75) is 63.2 Å². The van der Waals surface area contributed by atoms with Crippen LogP contribution in [0.3, 0.4) is 0 Å². The van der Waals surface area contributed by atoms with Crippen molar-refractivity contribution in [3.63, 3.8) is 0 Å². The molecule has 2 N–H and O–H groups in total. The number of benzene rings is 2. The zero-order valence-corrected chi connectivity index (χ0v) is 23.0. The quantitative estimate of drug-likeness (QED) is 0.171. The summed E-state index contributed by atoms with van der Waals surface area (Å²) in [4.78, 5) is 26.2. The monoisotopic (exact) mass is 516 g/mol. The van der Waals surface area contributed by atoms with Gasteiger partial charge in [0.25, 0.3) is 11.8 Å². The molecule has 0 atom stereocenters. The number of hydrogen-bond acceptors (Lipinski definition) is 5. The van der Waals surface area contributed by atoms with Gasteiger partial charge in [-0.2, -0.15) is 11.8 Å². The fourth-order valence-corrected chi connectivity index (χ4v) is 4.48. The first-order valence-corrected chi connectivity index (χ1v) is 15.2. The number of amides is 2. The molecule has 2 amide bonds. The number of ether oxygens (including phenoxy) is 1. The summed E-state index contributed by atoms with van der Waals surface area (Å²) in [5.41, 5.74) is 1.71. The van der Waals surface area contributed by atoms with Crippen LogP contribution in [0.1, 0.15) is 79.0 Å². The van der Waals surface area contributed by atoms with Gasteiger partial charge in [0.05, 0.1) is 12.3 Å². The van der Waals surface area contributed by atoms with Crippen molar-refractivity contribution in [1.82, 2.24) is 5.32 Å². The van der Waals surface area contributed by atoms with Crippen molar-refractivity contribution in [2.75, 3.05) is 36.7 Å². The maximum absolute atomic E-state index is 12.8. The molecule has 0 aliphatic heterocycles. The van der Waals surface area contributed by atoms with E-state index < -0.39 is 0 Å². The average molecular weight is 517 g/mol. The van der Waals surface area contributed by atoms with E-state index in [1.165, 1.54) is 56.7 Å². The normalized spacial score (nSPS) is 10.7. The highest BCUT2D eigenvalue weighted by Gasteiger charge is 2.13. The predicted molar refractivity (Wildman–Crippen MR) is 151 cm³/mol. The first-order valence-electron chi connectivity index (χ1n) is 12.6. The SMILES string of the molecule is CCCCCCCCCCOc1ccc(C(=O)Nc2cc(C(=O)NCCSC)ccc2SC)cc1. The summed E-state index contributed by atoms with van der Waals surface area (Å²) in [7, 11) is 0. The Morgan fingerprint density at radius 2 is 1.49 bits per heavy atom. The highest BCUT2D eigenvalue weighted by Crippen LogP contribution is 2.27. The summed E-state index contributed by atoms with van der Waals surface area (Å²) < 4.78 is 5.84. The van der Waals surface area contributed by atoms with Crippen LogP contribution in [0.5, 0.6) is 5.75 Å². The van der Waals surface area contributed by atoms with E-state index in [4.69, 9.17) is 4.74 Å². The fourth-order valence-electron chi connectivity index (χ4n) is 3.64. The minimum atomic E-state index is -0.213. The standard InChI is InChI=1S/C28H40N2O3S2/c1-4-5-6-7-8-9-10-11-19-33-24-15-12-22(13-16-24)28(32)30-25-21-23(14-17-26(25)35-3)27(31)29-18-20-34-2/h12-17,21H,4-11,18-20H2,1-3H3,(H,29,31)(H,30,32). The van der Waals surface area contributed by atoms with Crippen molar-refractivity contribution in [3.8, 4) is 5.75 Å². The molecule has 0 unspecified atom stereocenters. The Labute approximate surface area is 219 Å². The average Bonchev–Trinajstić information content (AvgIpc) is 2.88. The van der Waals surface area contributed by atoms with Gasteiger partial charge in [0.15, 0.2) is 0 Å². The number of carbonyl (C=O) groups excluding carboxylic acids is 2. The van der Waals surface area contributed by atoms with Gasteiger partial charge in [-0.15, -0.1) is 11.8 Å². The molecule has 2 aromatic rings. The zero-order valence-electron chi connectivity index (χ0n) is 21.4. The molecule has 5 nitrogen and oxygen atoms in total. The van der Waals surface area contributed by atoms with E-state index in [-0.39, 0.29) is 11.8 Å². The van der Waals surface area contributed by atoms with Gasteiger partial charge < -0.3 is 15.4 Å². The minimum Gasteiger partial charge on any atom is -0.494 e. The number of carbonyl (C=O) groups is 2. The first-order chi connectivity index (χ1) is 17.1. The lowest BCUT2D eigenvalue weighted by Gasteiger charge is -2.12. The third-order valence-electron chi connectivity index (χ3n) is 5.68. The number of anilines is 1. The third-order valence-corrected chi connectivity index (χ3v) is 7.09. The Bertz CT molecular complexity index is 904. The molecule has 0 saturated carbocycles. The lowest BCUT2D eigenvalue weighted by Crippen LogP contribution is -2.25. The van der Waals surface area contributed by atoms with Crippen molar-refractivity contribution >= 4 is 41.0 Å². The molecular weight excluding hydrogens is 476 g/mol. The summed E-state index contributed by atoms with van der Waals surface area (Å²) in [5.74, 6) is 1.28. The second kappa shape index (κ2) is 17.3. The molecule has 35 heavy (non-hydrogen) atoms. The minimum absolute atomic E-state index is 0.139. The van der Waals surface area contributed by atoms with E-state index in [2.05, 4.69) is 17.6 Å². The molecule has 192 valence electrons. The molecule has 0 saturated heterocycles. The van der Waals surface area contributed by atoms with Crippen LogP contribution in [-0.4, -0.2) is 43.2 Å². The van der Waals surface area contributed by atoms with Crippen molar-refractivity contribution < 1.29 is 14.3 Å². The van der Waals surface area contributed by atoms with E-state index in [0.717, 1.165) is 22.8 Å². The topological polar surface area (TPSA) is 67.4 Å². The zero-order chi connectivity index (χ0) is 25.3. The van der Waals surface area contributed by atoms with E-state index in [1.807, 2.05) is 30.7 Å². The molecule has 0 heterocycles. The van der Waals surface area contributed by atoms with Crippen LogP contribution in [0.15, 0.2) is 47.4 Å². The predicted octanol–water partition coefficient (Wildman–Crippen LogP) is 7.27. The summed E-state index contributed by atoms with van der Waals surface area (Å²) in [5, 5.41) is 5.86. The smallest absolute Gasteiger partial charge is 0.255 e. The van der Waals surface area contributed by atoms with Gasteiger partial charge >= 0.3 is 0 Å². The van der Waals surface area contributed by atoms with E-state index in [9.17, 15) is 9.59 Å². The van der Waals surface area contributed by atoms with Crippen LogP contribution in [0.25, 0.3) is 0 Å². The summed E-state index contributed by atoms with van der Waals surface area (Å²) in [6.07, 6.45) is 14.1. The summed E-state index contributed by atoms with van der Waals surface area (Å²) in [6.45, 7) is 3.55. The Morgan fingerprint density at radius 1 is 0.829 bits per heavy atom. The molecular formula is C28H40N2O3S2. The molecule has 0 radical (unpaired) electrons. The molecule has 0 aromatic heterocycles. The van der Waals surface area contributed by atoms with Crippen LogP contribution >= 0.6 is 23.5 Å². The number of unbranched alkanes of at least 4 members (excludes halogenated alkanes) is 7. The summed E-state index contributed by atoms with van der Waals surface area (Å²) >= 11 is 3.21. The van der Waals surface area contributed by atoms with Crippen molar-refractivity contribution in [2.24, 2.45) is 0 Å². The number of nitrogens with one attached hydrogen (secondary N) is 2. The Morgan fingerprint density at radius 3 is 2.14 bits per heavy atom. The molecule has 0 spiro atoms. The van der Waals surface area contributed by atoms with E-state index in [1.54, 1.807) is 36.0 Å². The van der Waals surface area contributed by atoms with Crippen LogP contribution in [0.2, 0.25) is 0 Å². The molecule has 7 heteroatoms. The van der Waals surface area contributed by atoms with Gasteiger partial charge in [-0.25, -0.2) is 0 Å². The number of rotatable bonds is 17. The molecule has 0 bridgehead atoms. The molecule has 0 aliphatic carbocycles. The lowest BCUT2D eigenvalue weighted by atomic mass is 10.1. The van der Waals surface area contributed by atoms with Gasteiger partial charge in [0, 0.05) is 28.3 Å². The Balaban J connectivity index is 1.83. The molecule has 0 fully saturated rings. The highest BCUT2D eigenvalue weighted by atomic mass is 32.2. The van der Waals surface area contributed by atoms with Crippen molar-refractivity contribution in [3.05, 3.63) is 53.6 Å². The van der Waals surface area contributed by atoms with Crippen molar-refractivity contribution in [1.29, 1.82) is 0 Å². The van der Waals surface area contributed by atoms with Crippen LogP contribution < -0.4 is 15.4 Å². The second-order valence-electron chi connectivity index (χ2n) is 8.47. The van der Waals surface area contributed by atoms with Crippen LogP contribution in [0.4, 0.5) is 5.69 Å². The maximum atomic E-state index is 12.8. The molecule has 2 rings (SSSR count). The first kappa shape index (κ1) is 29.1.